The third-order valence-corrected chi connectivity index (χ3v) is 3.35. The maximum atomic E-state index is 12.2. The lowest BCUT2D eigenvalue weighted by molar-refractivity contribution is 0.149. The van der Waals surface area contributed by atoms with Crippen LogP contribution >= 0.6 is 0 Å². The summed E-state index contributed by atoms with van der Waals surface area (Å²) < 4.78 is 24.4. The van der Waals surface area contributed by atoms with Crippen molar-refractivity contribution in [2.24, 2.45) is 0 Å². The van der Waals surface area contributed by atoms with Gasteiger partial charge in [0.2, 0.25) is 6.43 Å². The van der Waals surface area contributed by atoms with Gasteiger partial charge in [-0.25, -0.2) is 8.78 Å². The van der Waals surface area contributed by atoms with Crippen LogP contribution in [-0.4, -0.2) is 13.0 Å². The van der Waals surface area contributed by atoms with E-state index in [4.69, 9.17) is 0 Å². The molecular formula is C13H17F2N. The molecule has 88 valence electrons. The van der Waals surface area contributed by atoms with Gasteiger partial charge in [-0.1, -0.05) is 24.3 Å². The van der Waals surface area contributed by atoms with E-state index in [-0.39, 0.29) is 12.0 Å². The van der Waals surface area contributed by atoms with E-state index in [1.54, 1.807) is 0 Å². The molecule has 0 saturated carbocycles. The van der Waals surface area contributed by atoms with Crippen LogP contribution in [0.15, 0.2) is 24.3 Å². The van der Waals surface area contributed by atoms with E-state index < -0.39 is 6.43 Å². The average molecular weight is 225 g/mol. The van der Waals surface area contributed by atoms with Gasteiger partial charge in [0.15, 0.2) is 0 Å². The molecule has 16 heavy (non-hydrogen) atoms. The van der Waals surface area contributed by atoms with E-state index in [0.29, 0.717) is 5.56 Å². The normalized spacial score (nSPS) is 25.2. The minimum absolute atomic E-state index is 0.0311. The number of alkyl halides is 2. The van der Waals surface area contributed by atoms with Gasteiger partial charge in [0.05, 0.1) is 0 Å². The van der Waals surface area contributed by atoms with E-state index >= 15 is 0 Å². The molecule has 1 aliphatic heterocycles. The van der Waals surface area contributed by atoms with Crippen molar-refractivity contribution in [3.05, 3.63) is 35.4 Å². The highest BCUT2D eigenvalue weighted by molar-refractivity contribution is 5.29. The van der Waals surface area contributed by atoms with Gasteiger partial charge in [-0.15, -0.1) is 0 Å². The van der Waals surface area contributed by atoms with Crippen molar-refractivity contribution in [2.45, 2.75) is 38.2 Å². The van der Waals surface area contributed by atoms with Crippen LogP contribution in [0.25, 0.3) is 0 Å². The minimum Gasteiger partial charge on any atom is -0.308 e. The first kappa shape index (κ1) is 11.5. The summed E-state index contributed by atoms with van der Waals surface area (Å²) in [6, 6.07) is 7.56. The molecule has 0 aliphatic carbocycles. The largest absolute Gasteiger partial charge is 0.308 e. The molecular weight excluding hydrogens is 208 g/mol. The molecule has 3 heteroatoms. The monoisotopic (exact) mass is 225 g/mol. The Kier molecular flexibility index (Phi) is 3.24. The standard InChI is InChI=1S/C13H17F2N/c1-13(7-2-8-16-13)11-5-3-10(4-6-11)9-12(14)15/h3-6,12,16H,2,7-9H2,1H3. The van der Waals surface area contributed by atoms with Crippen LogP contribution in [-0.2, 0) is 12.0 Å². The highest BCUT2D eigenvalue weighted by Gasteiger charge is 2.29. The molecule has 1 aromatic rings. The second-order valence-corrected chi connectivity index (χ2v) is 4.65. The zero-order valence-electron chi connectivity index (χ0n) is 9.47. The highest BCUT2D eigenvalue weighted by Crippen LogP contribution is 2.30. The lowest BCUT2D eigenvalue weighted by Crippen LogP contribution is -2.32. The van der Waals surface area contributed by atoms with Crippen molar-refractivity contribution in [1.29, 1.82) is 0 Å². The van der Waals surface area contributed by atoms with Crippen LogP contribution in [0.5, 0.6) is 0 Å². The first-order valence-corrected chi connectivity index (χ1v) is 5.73. The zero-order chi connectivity index (χ0) is 11.6. The maximum Gasteiger partial charge on any atom is 0.242 e. The van der Waals surface area contributed by atoms with Crippen molar-refractivity contribution < 1.29 is 8.78 Å². The number of halogens is 2. The highest BCUT2D eigenvalue weighted by atomic mass is 19.3. The number of rotatable bonds is 3. The molecule has 1 unspecified atom stereocenters. The summed E-state index contributed by atoms with van der Waals surface area (Å²) in [7, 11) is 0. The van der Waals surface area contributed by atoms with Crippen LogP contribution in [0.4, 0.5) is 8.78 Å². The second kappa shape index (κ2) is 4.50. The third kappa shape index (κ3) is 2.40. The van der Waals surface area contributed by atoms with Gasteiger partial charge in [0.25, 0.3) is 0 Å². The Bertz CT molecular complexity index is 339. The minimum atomic E-state index is -2.26. The lowest BCUT2D eigenvalue weighted by Gasteiger charge is -2.25. The summed E-state index contributed by atoms with van der Waals surface area (Å²) in [6.07, 6.45) is -0.119. The molecule has 0 bridgehead atoms. The van der Waals surface area contributed by atoms with Crippen molar-refractivity contribution in [1.82, 2.24) is 5.32 Å². The number of nitrogens with one attached hydrogen (secondary N) is 1. The van der Waals surface area contributed by atoms with E-state index in [1.807, 2.05) is 24.3 Å². The van der Waals surface area contributed by atoms with Gasteiger partial charge >= 0.3 is 0 Å². The maximum absolute atomic E-state index is 12.2. The lowest BCUT2D eigenvalue weighted by atomic mass is 9.90. The van der Waals surface area contributed by atoms with Crippen LogP contribution < -0.4 is 5.32 Å². The fraction of sp³-hybridized carbons (Fsp3) is 0.538. The Balaban J connectivity index is 2.12. The molecule has 1 aliphatic rings. The van der Waals surface area contributed by atoms with Gasteiger partial charge in [0, 0.05) is 12.0 Å². The van der Waals surface area contributed by atoms with Crippen LogP contribution in [0.3, 0.4) is 0 Å². The van der Waals surface area contributed by atoms with E-state index in [1.165, 1.54) is 12.0 Å². The molecule has 1 atom stereocenters. The van der Waals surface area contributed by atoms with Crippen molar-refractivity contribution in [2.75, 3.05) is 6.54 Å². The molecule has 0 radical (unpaired) electrons. The predicted molar refractivity (Wildman–Crippen MR) is 60.7 cm³/mol. The molecule has 0 amide bonds. The van der Waals surface area contributed by atoms with Crippen molar-refractivity contribution in [3.8, 4) is 0 Å². The van der Waals surface area contributed by atoms with E-state index in [2.05, 4.69) is 12.2 Å². The molecule has 1 nitrogen and oxygen atoms in total. The summed E-state index contributed by atoms with van der Waals surface area (Å²) in [4.78, 5) is 0. The number of hydrogen-bond donors (Lipinski definition) is 1. The van der Waals surface area contributed by atoms with Crippen LogP contribution in [0.1, 0.15) is 30.9 Å². The molecule has 0 spiro atoms. The van der Waals surface area contributed by atoms with Crippen LogP contribution in [0, 0.1) is 0 Å². The summed E-state index contributed by atoms with van der Waals surface area (Å²) in [6.45, 7) is 3.21. The molecule has 1 N–H and O–H groups in total. The molecule has 1 saturated heterocycles. The van der Waals surface area contributed by atoms with Gasteiger partial charge in [-0.05, 0) is 37.4 Å². The Morgan fingerprint density at radius 2 is 2.00 bits per heavy atom. The summed E-state index contributed by atoms with van der Waals surface area (Å²) in [5.74, 6) is 0. The van der Waals surface area contributed by atoms with E-state index in [9.17, 15) is 8.78 Å². The van der Waals surface area contributed by atoms with Crippen LogP contribution in [0.2, 0.25) is 0 Å². The number of hydrogen-bond acceptors (Lipinski definition) is 1. The van der Waals surface area contributed by atoms with Gasteiger partial charge in [-0.2, -0.15) is 0 Å². The van der Waals surface area contributed by atoms with Gasteiger partial charge < -0.3 is 5.32 Å². The number of benzene rings is 1. The average Bonchev–Trinajstić information content (AvgIpc) is 2.66. The quantitative estimate of drug-likeness (QED) is 0.833. The van der Waals surface area contributed by atoms with Crippen molar-refractivity contribution in [3.63, 3.8) is 0 Å². The molecule has 0 aromatic heterocycles. The molecule has 2 rings (SSSR count). The fourth-order valence-corrected chi connectivity index (χ4v) is 2.33. The van der Waals surface area contributed by atoms with Gasteiger partial charge in [0.1, 0.15) is 0 Å². The summed E-state index contributed by atoms with van der Waals surface area (Å²) in [5.41, 5.74) is 1.94. The third-order valence-electron chi connectivity index (χ3n) is 3.35. The summed E-state index contributed by atoms with van der Waals surface area (Å²) >= 11 is 0. The van der Waals surface area contributed by atoms with Gasteiger partial charge in [-0.3, -0.25) is 0 Å². The fourth-order valence-electron chi connectivity index (χ4n) is 2.33. The topological polar surface area (TPSA) is 12.0 Å². The second-order valence-electron chi connectivity index (χ2n) is 4.65. The van der Waals surface area contributed by atoms with E-state index in [0.717, 1.165) is 13.0 Å². The SMILES string of the molecule is CC1(c2ccc(CC(F)F)cc2)CCCN1. The Hall–Kier alpha value is -0.960. The first-order chi connectivity index (χ1) is 7.60. The molecule has 1 fully saturated rings. The van der Waals surface area contributed by atoms with Crippen molar-refractivity contribution >= 4 is 0 Å². The summed E-state index contributed by atoms with van der Waals surface area (Å²) in [5, 5.41) is 3.46. The zero-order valence-corrected chi connectivity index (χ0v) is 9.47. The Labute approximate surface area is 94.9 Å². The molecule has 1 aromatic carbocycles. The predicted octanol–water partition coefficient (Wildman–Crippen LogP) is 3.09. The first-order valence-electron chi connectivity index (χ1n) is 5.73. The smallest absolute Gasteiger partial charge is 0.242 e. The molecule has 1 heterocycles. The Morgan fingerprint density at radius 1 is 1.31 bits per heavy atom. The Morgan fingerprint density at radius 3 is 2.50 bits per heavy atom.